The molecule has 0 unspecified atom stereocenters. The lowest BCUT2D eigenvalue weighted by Crippen LogP contribution is -2.29. The zero-order valence-electron chi connectivity index (χ0n) is 17.5. The fourth-order valence-corrected chi connectivity index (χ4v) is 3.13. The van der Waals surface area contributed by atoms with E-state index in [-0.39, 0.29) is 25.0 Å². The van der Waals surface area contributed by atoms with E-state index < -0.39 is 0 Å². The van der Waals surface area contributed by atoms with Crippen LogP contribution in [-0.2, 0) is 11.3 Å². The number of carbonyl (C=O) groups excluding carboxylic acids is 2. The molecule has 0 spiro atoms. The van der Waals surface area contributed by atoms with E-state index in [0.717, 1.165) is 0 Å². The van der Waals surface area contributed by atoms with Crippen LogP contribution in [0.2, 0.25) is 0 Å². The zero-order chi connectivity index (χ0) is 22.4. The lowest BCUT2D eigenvalue weighted by molar-refractivity contribution is 0.0766. The van der Waals surface area contributed by atoms with Crippen LogP contribution in [0.5, 0.6) is 0 Å². The van der Waals surface area contributed by atoms with Crippen molar-refractivity contribution in [2.24, 2.45) is 0 Å². The highest BCUT2D eigenvalue weighted by Crippen LogP contribution is 2.21. The Labute approximate surface area is 179 Å². The summed E-state index contributed by atoms with van der Waals surface area (Å²) in [5, 5.41) is 11.9. The Morgan fingerprint density at radius 1 is 1.29 bits per heavy atom. The summed E-state index contributed by atoms with van der Waals surface area (Å²) in [4.78, 5) is 35.6. The second-order valence-corrected chi connectivity index (χ2v) is 7.03. The number of aliphatic hydroxyl groups is 1. The van der Waals surface area contributed by atoms with Crippen molar-refractivity contribution in [2.75, 3.05) is 45.0 Å². The molecule has 4 N–H and O–H groups in total. The Bertz CT molecular complexity index is 1080. The monoisotopic (exact) mass is 426 g/mol. The van der Waals surface area contributed by atoms with Gasteiger partial charge >= 0.3 is 0 Å². The normalized spacial score (nSPS) is 10.9. The second-order valence-electron chi connectivity index (χ2n) is 7.03. The molecule has 3 aromatic rings. The Balaban J connectivity index is 1.95. The van der Waals surface area contributed by atoms with Gasteiger partial charge in [0.15, 0.2) is 5.65 Å². The van der Waals surface area contributed by atoms with Crippen LogP contribution in [0.15, 0.2) is 36.5 Å². The number of aryl methyl sites for hydroxylation is 1. The summed E-state index contributed by atoms with van der Waals surface area (Å²) in [5.74, 6) is -0.309. The quantitative estimate of drug-likeness (QED) is 0.347. The van der Waals surface area contributed by atoms with Crippen LogP contribution < -0.4 is 11.1 Å². The van der Waals surface area contributed by atoms with E-state index >= 15 is 0 Å². The number of hydrogen-bond acceptors (Lipinski definition) is 7. The molecule has 2 aromatic heterocycles. The van der Waals surface area contributed by atoms with E-state index in [2.05, 4.69) is 15.3 Å². The maximum atomic E-state index is 12.7. The third kappa shape index (κ3) is 5.16. The fraction of sp³-hybridized carbons (Fsp3) is 0.333. The van der Waals surface area contributed by atoms with Gasteiger partial charge in [-0.2, -0.15) is 0 Å². The van der Waals surface area contributed by atoms with Crippen LogP contribution in [0.1, 0.15) is 27.1 Å². The van der Waals surface area contributed by atoms with Crippen molar-refractivity contribution in [3.63, 3.8) is 0 Å². The highest BCUT2D eigenvalue weighted by molar-refractivity contribution is 6.04. The van der Waals surface area contributed by atoms with Crippen molar-refractivity contribution in [1.82, 2.24) is 19.4 Å². The van der Waals surface area contributed by atoms with Gasteiger partial charge in [0.2, 0.25) is 5.95 Å². The van der Waals surface area contributed by atoms with Gasteiger partial charge in [0.1, 0.15) is 5.52 Å². The zero-order valence-corrected chi connectivity index (χ0v) is 17.5. The first-order valence-corrected chi connectivity index (χ1v) is 9.83. The van der Waals surface area contributed by atoms with E-state index in [0.29, 0.717) is 53.5 Å². The van der Waals surface area contributed by atoms with Crippen LogP contribution in [0.3, 0.4) is 0 Å². The number of imidazole rings is 1. The molecule has 0 radical (unpaired) electrons. The van der Waals surface area contributed by atoms with Gasteiger partial charge in [-0.15, -0.1) is 0 Å². The summed E-state index contributed by atoms with van der Waals surface area (Å²) >= 11 is 0. The van der Waals surface area contributed by atoms with Crippen molar-refractivity contribution < 1.29 is 19.4 Å². The summed E-state index contributed by atoms with van der Waals surface area (Å²) in [6.07, 6.45) is 2.15. The number of methoxy groups -OCH3 is 1. The number of pyridine rings is 1. The molecule has 2 heterocycles. The number of rotatable bonds is 9. The van der Waals surface area contributed by atoms with Crippen molar-refractivity contribution in [3.05, 3.63) is 47.7 Å². The van der Waals surface area contributed by atoms with Crippen LogP contribution in [-0.4, -0.2) is 70.3 Å². The molecule has 2 amide bonds. The number of carbonyl (C=O) groups is 2. The molecule has 10 heteroatoms. The number of likely N-dealkylation sites (N-methyl/N-ethyl adjacent to an activating group) is 1. The number of aromatic nitrogens is 3. The molecule has 3 rings (SSSR count). The summed E-state index contributed by atoms with van der Waals surface area (Å²) in [6.45, 7) is 1.13. The number of amides is 2. The summed E-state index contributed by atoms with van der Waals surface area (Å²) in [6, 6.07) is 8.28. The summed E-state index contributed by atoms with van der Waals surface area (Å²) < 4.78 is 6.91. The first-order chi connectivity index (χ1) is 14.9. The van der Waals surface area contributed by atoms with Gasteiger partial charge in [-0.3, -0.25) is 19.5 Å². The van der Waals surface area contributed by atoms with Crippen molar-refractivity contribution >= 4 is 34.6 Å². The SMILES string of the molecule is COCCCn1c(NC(=O)c2cccc(N)c2)nc2cc(C(=O)N(C)CCO)cnc21. The fourth-order valence-electron chi connectivity index (χ4n) is 3.13. The van der Waals surface area contributed by atoms with Gasteiger partial charge in [0.05, 0.1) is 12.2 Å². The van der Waals surface area contributed by atoms with Gasteiger partial charge in [-0.05, 0) is 30.7 Å². The molecule has 164 valence electrons. The molecule has 0 fully saturated rings. The number of nitrogen functional groups attached to an aromatic ring is 1. The molecule has 0 saturated heterocycles. The minimum Gasteiger partial charge on any atom is -0.399 e. The number of benzene rings is 1. The summed E-state index contributed by atoms with van der Waals surface area (Å²) in [7, 11) is 3.22. The van der Waals surface area contributed by atoms with Crippen molar-refractivity contribution in [1.29, 1.82) is 0 Å². The number of nitrogens with one attached hydrogen (secondary N) is 1. The number of nitrogens with zero attached hydrogens (tertiary/aromatic N) is 4. The largest absolute Gasteiger partial charge is 0.399 e. The molecule has 10 nitrogen and oxygen atoms in total. The van der Waals surface area contributed by atoms with Crippen LogP contribution >= 0.6 is 0 Å². The topological polar surface area (TPSA) is 136 Å². The van der Waals surface area contributed by atoms with E-state index in [4.69, 9.17) is 15.6 Å². The highest BCUT2D eigenvalue weighted by Gasteiger charge is 2.18. The first-order valence-electron chi connectivity index (χ1n) is 9.83. The molecule has 0 aliphatic heterocycles. The number of nitrogens with two attached hydrogens (primary N) is 1. The number of fused-ring (bicyclic) bond motifs is 1. The molecule has 1 aromatic carbocycles. The number of anilines is 2. The number of ether oxygens (including phenoxy) is 1. The molecule has 0 aliphatic carbocycles. The van der Waals surface area contributed by atoms with Gasteiger partial charge in [-0.1, -0.05) is 6.07 Å². The predicted octanol–water partition coefficient (Wildman–Crippen LogP) is 1.37. The molecule has 0 bridgehead atoms. The predicted molar refractivity (Wildman–Crippen MR) is 117 cm³/mol. The van der Waals surface area contributed by atoms with Crippen molar-refractivity contribution in [2.45, 2.75) is 13.0 Å². The highest BCUT2D eigenvalue weighted by atomic mass is 16.5. The average Bonchev–Trinajstić information content (AvgIpc) is 3.09. The number of hydrogen-bond donors (Lipinski definition) is 3. The van der Waals surface area contributed by atoms with E-state index in [1.165, 1.54) is 11.1 Å². The lowest BCUT2D eigenvalue weighted by Gasteiger charge is -2.15. The lowest BCUT2D eigenvalue weighted by atomic mass is 10.2. The van der Waals surface area contributed by atoms with Gasteiger partial charge in [0, 0.05) is 51.3 Å². The Kier molecular flexibility index (Phi) is 7.16. The van der Waals surface area contributed by atoms with Gasteiger partial charge < -0.3 is 20.5 Å². The van der Waals surface area contributed by atoms with Crippen LogP contribution in [0, 0.1) is 0 Å². The minimum absolute atomic E-state index is 0.133. The Morgan fingerprint density at radius 3 is 2.81 bits per heavy atom. The van der Waals surface area contributed by atoms with E-state index in [1.54, 1.807) is 49.1 Å². The third-order valence-corrected chi connectivity index (χ3v) is 4.72. The number of aliphatic hydroxyl groups excluding tert-OH is 1. The Morgan fingerprint density at radius 2 is 2.10 bits per heavy atom. The van der Waals surface area contributed by atoms with Gasteiger partial charge in [0.25, 0.3) is 11.8 Å². The van der Waals surface area contributed by atoms with Crippen LogP contribution in [0.4, 0.5) is 11.6 Å². The summed E-state index contributed by atoms with van der Waals surface area (Å²) in [5.41, 5.74) is 8.03. The molecular formula is C21H26N6O4. The van der Waals surface area contributed by atoms with E-state index in [1.807, 2.05) is 0 Å². The molecular weight excluding hydrogens is 400 g/mol. The minimum atomic E-state index is -0.352. The Hall–Kier alpha value is -3.50. The third-order valence-electron chi connectivity index (χ3n) is 4.72. The average molecular weight is 426 g/mol. The molecule has 0 aliphatic rings. The maximum absolute atomic E-state index is 12.7. The second kappa shape index (κ2) is 10.0. The van der Waals surface area contributed by atoms with Crippen molar-refractivity contribution in [3.8, 4) is 0 Å². The molecule has 0 saturated carbocycles. The van der Waals surface area contributed by atoms with Gasteiger partial charge in [-0.25, -0.2) is 9.97 Å². The first kappa shape index (κ1) is 22.2. The van der Waals surface area contributed by atoms with E-state index in [9.17, 15) is 9.59 Å². The maximum Gasteiger partial charge on any atom is 0.258 e. The smallest absolute Gasteiger partial charge is 0.258 e. The van der Waals surface area contributed by atoms with Crippen LogP contribution in [0.25, 0.3) is 11.2 Å². The molecule has 31 heavy (non-hydrogen) atoms. The standard InChI is InChI=1S/C21H26N6O4/c1-26(8-9-28)20(30)15-12-17-18(23-13-15)27(7-4-10-31-2)21(24-17)25-19(29)14-5-3-6-16(22)11-14/h3,5-6,11-13,28H,4,7-10,22H2,1-2H3,(H,24,25,29). The molecule has 0 atom stereocenters.